The molecule has 0 aromatic heterocycles. The molecule has 0 bridgehead atoms. The average molecular weight is 180 g/mol. The van der Waals surface area contributed by atoms with E-state index in [1.54, 1.807) is 17.0 Å². The van der Waals surface area contributed by atoms with Gasteiger partial charge in [-0.25, -0.2) is 4.39 Å². The molecule has 0 aliphatic carbocycles. The molecule has 0 unspecified atom stereocenters. The normalized spacial score (nSPS) is 9.77. The van der Waals surface area contributed by atoms with Crippen molar-refractivity contribution in [2.75, 3.05) is 14.1 Å². The van der Waals surface area contributed by atoms with Crippen LogP contribution >= 0.6 is 0 Å². The molecule has 13 heavy (non-hydrogen) atoms. The van der Waals surface area contributed by atoms with Gasteiger partial charge in [-0.2, -0.15) is 0 Å². The van der Waals surface area contributed by atoms with Crippen LogP contribution in [-0.2, 0) is 6.42 Å². The van der Waals surface area contributed by atoms with Crippen molar-refractivity contribution in [1.29, 1.82) is 5.41 Å². The molecule has 0 fully saturated rings. The topological polar surface area (TPSA) is 27.1 Å². The quantitative estimate of drug-likeness (QED) is 0.546. The number of rotatable bonds is 2. The number of likely N-dealkylation sites (N-methyl/N-ethyl adjacent to an activating group) is 1. The van der Waals surface area contributed by atoms with Gasteiger partial charge in [-0.1, -0.05) is 12.1 Å². The fraction of sp³-hybridized carbons (Fsp3) is 0.300. The summed E-state index contributed by atoms with van der Waals surface area (Å²) in [7, 11) is 3.65. The molecule has 1 aromatic carbocycles. The maximum Gasteiger partial charge on any atom is 0.123 e. The van der Waals surface area contributed by atoms with Gasteiger partial charge in [0.05, 0.1) is 5.84 Å². The fourth-order valence-electron chi connectivity index (χ4n) is 0.954. The Balaban J connectivity index is 2.65. The second-order valence-electron chi connectivity index (χ2n) is 3.14. The summed E-state index contributed by atoms with van der Waals surface area (Å²) in [5, 5.41) is 7.57. The lowest BCUT2D eigenvalue weighted by Gasteiger charge is -2.13. The molecule has 3 heteroatoms. The molecule has 1 aromatic rings. The molecule has 0 aliphatic rings. The Morgan fingerprint density at radius 3 is 2.31 bits per heavy atom. The zero-order valence-corrected chi connectivity index (χ0v) is 7.84. The first-order valence-corrected chi connectivity index (χ1v) is 4.09. The summed E-state index contributed by atoms with van der Waals surface area (Å²) in [6.45, 7) is 0. The third-order valence-electron chi connectivity index (χ3n) is 1.82. The summed E-state index contributed by atoms with van der Waals surface area (Å²) in [6.07, 6.45) is 0.549. The fourth-order valence-corrected chi connectivity index (χ4v) is 0.954. The van der Waals surface area contributed by atoms with E-state index in [-0.39, 0.29) is 5.82 Å². The van der Waals surface area contributed by atoms with Gasteiger partial charge in [-0.05, 0) is 17.7 Å². The first-order chi connectivity index (χ1) is 6.09. The predicted octanol–water partition coefficient (Wildman–Crippen LogP) is 1.91. The van der Waals surface area contributed by atoms with E-state index in [4.69, 9.17) is 5.41 Å². The highest BCUT2D eigenvalue weighted by molar-refractivity contribution is 5.80. The van der Waals surface area contributed by atoms with Gasteiger partial charge in [0.2, 0.25) is 0 Å². The Kier molecular flexibility index (Phi) is 3.01. The van der Waals surface area contributed by atoms with Crippen LogP contribution in [0, 0.1) is 11.2 Å². The average Bonchev–Trinajstić information content (AvgIpc) is 2.08. The van der Waals surface area contributed by atoms with Crippen molar-refractivity contribution in [2.45, 2.75) is 6.42 Å². The van der Waals surface area contributed by atoms with Gasteiger partial charge >= 0.3 is 0 Å². The SMILES string of the molecule is CN(C)C(=N)Cc1ccc(F)cc1. The number of halogens is 1. The molecule has 0 amide bonds. The molecule has 0 spiro atoms. The zero-order valence-electron chi connectivity index (χ0n) is 7.84. The molecule has 0 heterocycles. The first-order valence-electron chi connectivity index (χ1n) is 4.09. The zero-order chi connectivity index (χ0) is 9.84. The summed E-state index contributed by atoms with van der Waals surface area (Å²) in [6, 6.07) is 6.23. The summed E-state index contributed by atoms with van der Waals surface area (Å²) in [5.74, 6) is 0.284. The van der Waals surface area contributed by atoms with Crippen molar-refractivity contribution >= 4 is 5.84 Å². The lowest BCUT2D eigenvalue weighted by Crippen LogP contribution is -2.22. The summed E-state index contributed by atoms with van der Waals surface area (Å²) in [5.41, 5.74) is 0.958. The lowest BCUT2D eigenvalue weighted by molar-refractivity contribution is 0.604. The van der Waals surface area contributed by atoms with E-state index in [0.717, 1.165) is 5.56 Å². The second kappa shape index (κ2) is 4.03. The highest BCUT2D eigenvalue weighted by atomic mass is 19.1. The van der Waals surface area contributed by atoms with Crippen LogP contribution in [0.2, 0.25) is 0 Å². The van der Waals surface area contributed by atoms with Crippen molar-refractivity contribution in [1.82, 2.24) is 4.90 Å². The van der Waals surface area contributed by atoms with Gasteiger partial charge in [0.15, 0.2) is 0 Å². The minimum atomic E-state index is -0.236. The van der Waals surface area contributed by atoms with E-state index in [1.807, 2.05) is 14.1 Å². The van der Waals surface area contributed by atoms with Crippen LogP contribution in [0.3, 0.4) is 0 Å². The van der Waals surface area contributed by atoms with E-state index in [0.29, 0.717) is 12.3 Å². The van der Waals surface area contributed by atoms with E-state index >= 15 is 0 Å². The molecule has 1 N–H and O–H groups in total. The Hall–Kier alpha value is -1.38. The van der Waals surface area contributed by atoms with E-state index in [2.05, 4.69) is 0 Å². The molecule has 0 radical (unpaired) electrons. The molecule has 0 atom stereocenters. The van der Waals surface area contributed by atoms with Crippen molar-refractivity contribution < 1.29 is 4.39 Å². The second-order valence-corrected chi connectivity index (χ2v) is 3.14. The first kappa shape index (κ1) is 9.71. The Morgan fingerprint density at radius 2 is 1.85 bits per heavy atom. The van der Waals surface area contributed by atoms with E-state index in [9.17, 15) is 4.39 Å². The maximum atomic E-state index is 12.5. The molecule has 1 rings (SSSR count). The van der Waals surface area contributed by atoms with Gasteiger partial charge in [0.1, 0.15) is 5.82 Å². The molecule has 0 saturated carbocycles. The summed E-state index contributed by atoms with van der Waals surface area (Å²) >= 11 is 0. The van der Waals surface area contributed by atoms with Crippen molar-refractivity contribution in [3.8, 4) is 0 Å². The monoisotopic (exact) mass is 180 g/mol. The van der Waals surface area contributed by atoms with Crippen LogP contribution < -0.4 is 0 Å². The number of nitrogens with one attached hydrogen (secondary N) is 1. The van der Waals surface area contributed by atoms with Crippen LogP contribution in [0.15, 0.2) is 24.3 Å². The summed E-state index contributed by atoms with van der Waals surface area (Å²) < 4.78 is 12.5. The molecule has 70 valence electrons. The van der Waals surface area contributed by atoms with Crippen LogP contribution in [0.1, 0.15) is 5.56 Å². The minimum Gasteiger partial charge on any atom is -0.366 e. The number of amidine groups is 1. The Bertz CT molecular complexity index is 290. The van der Waals surface area contributed by atoms with Gasteiger partial charge in [-0.3, -0.25) is 5.41 Å². The highest BCUT2D eigenvalue weighted by Gasteiger charge is 2.00. The summed E-state index contributed by atoms with van der Waals surface area (Å²) in [4.78, 5) is 1.74. The van der Waals surface area contributed by atoms with E-state index < -0.39 is 0 Å². The Morgan fingerprint density at radius 1 is 1.31 bits per heavy atom. The number of nitrogens with zero attached hydrogens (tertiary/aromatic N) is 1. The van der Waals surface area contributed by atoms with Crippen molar-refractivity contribution in [2.24, 2.45) is 0 Å². The standard InChI is InChI=1S/C10H13FN2/c1-13(2)10(12)7-8-3-5-9(11)6-4-8/h3-6,12H,7H2,1-2H3. The molecule has 2 nitrogen and oxygen atoms in total. The minimum absolute atomic E-state index is 0.236. The number of hydrogen-bond acceptors (Lipinski definition) is 1. The van der Waals surface area contributed by atoms with E-state index in [1.165, 1.54) is 12.1 Å². The van der Waals surface area contributed by atoms with Crippen LogP contribution in [0.5, 0.6) is 0 Å². The molecular weight excluding hydrogens is 167 g/mol. The van der Waals surface area contributed by atoms with Gasteiger partial charge < -0.3 is 4.90 Å². The van der Waals surface area contributed by atoms with Gasteiger partial charge in [0.25, 0.3) is 0 Å². The van der Waals surface area contributed by atoms with Crippen LogP contribution in [0.4, 0.5) is 4.39 Å². The van der Waals surface area contributed by atoms with Gasteiger partial charge in [0, 0.05) is 20.5 Å². The number of hydrogen-bond donors (Lipinski definition) is 1. The molecule has 0 saturated heterocycles. The molecule has 0 aliphatic heterocycles. The van der Waals surface area contributed by atoms with Crippen LogP contribution in [0.25, 0.3) is 0 Å². The van der Waals surface area contributed by atoms with Gasteiger partial charge in [-0.15, -0.1) is 0 Å². The third kappa shape index (κ3) is 2.86. The number of benzene rings is 1. The highest BCUT2D eigenvalue weighted by Crippen LogP contribution is 2.04. The van der Waals surface area contributed by atoms with Crippen molar-refractivity contribution in [3.63, 3.8) is 0 Å². The largest absolute Gasteiger partial charge is 0.366 e. The maximum absolute atomic E-state index is 12.5. The predicted molar refractivity (Wildman–Crippen MR) is 51.5 cm³/mol. The lowest BCUT2D eigenvalue weighted by atomic mass is 10.1. The third-order valence-corrected chi connectivity index (χ3v) is 1.82. The molecular formula is C10H13FN2. The Labute approximate surface area is 77.5 Å². The van der Waals surface area contributed by atoms with Crippen LogP contribution in [-0.4, -0.2) is 24.8 Å². The van der Waals surface area contributed by atoms with Crippen molar-refractivity contribution in [3.05, 3.63) is 35.6 Å². The smallest absolute Gasteiger partial charge is 0.123 e.